The van der Waals surface area contributed by atoms with Gasteiger partial charge in [-0.3, -0.25) is 4.79 Å². The summed E-state index contributed by atoms with van der Waals surface area (Å²) < 4.78 is 38.6. The second kappa shape index (κ2) is 4.56. The first kappa shape index (κ1) is 12.2. The Kier molecular flexibility index (Phi) is 3.28. The van der Waals surface area contributed by atoms with Crippen LogP contribution in [0.5, 0.6) is 0 Å². The molecule has 2 nitrogen and oxygen atoms in total. The van der Waals surface area contributed by atoms with Gasteiger partial charge in [0.05, 0.1) is 0 Å². The maximum absolute atomic E-state index is 12.9. The highest BCUT2D eigenvalue weighted by Gasteiger charge is 2.28. The Bertz CT molecular complexity index is 439. The van der Waals surface area contributed by atoms with E-state index in [-0.39, 0.29) is 11.6 Å². The van der Waals surface area contributed by atoms with E-state index in [1.807, 2.05) is 0 Å². The molecule has 0 spiro atoms. The molecule has 2 rings (SSSR count). The number of benzene rings is 1. The van der Waals surface area contributed by atoms with Gasteiger partial charge in [0.2, 0.25) is 5.91 Å². The minimum Gasteiger partial charge on any atom is -0.352 e. The predicted octanol–water partition coefficient (Wildman–Crippen LogP) is 2.66. The standard InChI is InChI=1S/C11H9ClF3NO/c12-9(11(17)16-6-1-2-6)5-3-7(13)10(15)8(14)4-5/h3-4,6,9H,1-2H2,(H,16,17). The molecule has 92 valence electrons. The smallest absolute Gasteiger partial charge is 0.242 e. The number of carbonyl (C=O) groups is 1. The molecule has 17 heavy (non-hydrogen) atoms. The van der Waals surface area contributed by atoms with Gasteiger partial charge in [0.25, 0.3) is 0 Å². The highest BCUT2D eigenvalue weighted by Crippen LogP contribution is 2.26. The molecule has 1 saturated carbocycles. The van der Waals surface area contributed by atoms with E-state index >= 15 is 0 Å². The summed E-state index contributed by atoms with van der Waals surface area (Å²) in [6.07, 6.45) is 1.75. The third kappa shape index (κ3) is 2.72. The predicted molar refractivity (Wildman–Crippen MR) is 56.1 cm³/mol. The molecule has 0 heterocycles. The van der Waals surface area contributed by atoms with Crippen molar-refractivity contribution in [3.63, 3.8) is 0 Å². The lowest BCUT2D eigenvalue weighted by atomic mass is 10.1. The summed E-state index contributed by atoms with van der Waals surface area (Å²) in [7, 11) is 0. The van der Waals surface area contributed by atoms with Crippen LogP contribution >= 0.6 is 11.6 Å². The second-order valence-corrected chi connectivity index (χ2v) is 4.38. The molecular weight excluding hydrogens is 255 g/mol. The first-order valence-electron chi connectivity index (χ1n) is 5.08. The van der Waals surface area contributed by atoms with E-state index in [1.54, 1.807) is 0 Å². The fraction of sp³-hybridized carbons (Fsp3) is 0.364. The molecule has 0 aliphatic heterocycles. The van der Waals surface area contributed by atoms with E-state index in [1.165, 1.54) is 0 Å². The number of hydrogen-bond acceptors (Lipinski definition) is 1. The quantitative estimate of drug-likeness (QED) is 0.659. The van der Waals surface area contributed by atoms with Gasteiger partial charge in [-0.2, -0.15) is 0 Å². The monoisotopic (exact) mass is 263 g/mol. The molecule has 0 bridgehead atoms. The van der Waals surface area contributed by atoms with Gasteiger partial charge in [-0.1, -0.05) is 0 Å². The van der Waals surface area contributed by atoms with Crippen molar-refractivity contribution in [1.82, 2.24) is 5.32 Å². The first-order valence-corrected chi connectivity index (χ1v) is 5.51. The summed E-state index contributed by atoms with van der Waals surface area (Å²) in [4.78, 5) is 11.5. The topological polar surface area (TPSA) is 29.1 Å². The van der Waals surface area contributed by atoms with Gasteiger partial charge in [0.15, 0.2) is 17.5 Å². The van der Waals surface area contributed by atoms with Gasteiger partial charge < -0.3 is 5.32 Å². The molecule has 0 saturated heterocycles. The van der Waals surface area contributed by atoms with Crippen LogP contribution in [0.4, 0.5) is 13.2 Å². The van der Waals surface area contributed by atoms with Crippen LogP contribution < -0.4 is 5.32 Å². The highest BCUT2D eigenvalue weighted by atomic mass is 35.5. The molecular formula is C11H9ClF3NO. The molecule has 1 N–H and O–H groups in total. The van der Waals surface area contributed by atoms with E-state index in [0.717, 1.165) is 25.0 Å². The highest BCUT2D eigenvalue weighted by molar-refractivity contribution is 6.30. The average molecular weight is 264 g/mol. The van der Waals surface area contributed by atoms with Crippen LogP contribution in [0.1, 0.15) is 23.8 Å². The van der Waals surface area contributed by atoms with Crippen molar-refractivity contribution < 1.29 is 18.0 Å². The Balaban J connectivity index is 2.17. The zero-order chi connectivity index (χ0) is 12.6. The molecule has 1 atom stereocenters. The van der Waals surface area contributed by atoms with Crippen LogP contribution in [-0.4, -0.2) is 11.9 Å². The van der Waals surface area contributed by atoms with Crippen molar-refractivity contribution >= 4 is 17.5 Å². The zero-order valence-electron chi connectivity index (χ0n) is 8.64. The van der Waals surface area contributed by atoms with Crippen LogP contribution in [0.15, 0.2) is 12.1 Å². The van der Waals surface area contributed by atoms with Crippen molar-refractivity contribution in [2.45, 2.75) is 24.3 Å². The van der Waals surface area contributed by atoms with E-state index in [0.29, 0.717) is 0 Å². The van der Waals surface area contributed by atoms with Gasteiger partial charge in [-0.15, -0.1) is 11.6 Å². The van der Waals surface area contributed by atoms with Gasteiger partial charge >= 0.3 is 0 Å². The third-order valence-corrected chi connectivity index (χ3v) is 2.90. The Morgan fingerprint density at radius 3 is 2.29 bits per heavy atom. The van der Waals surface area contributed by atoms with Crippen molar-refractivity contribution in [3.8, 4) is 0 Å². The maximum Gasteiger partial charge on any atom is 0.242 e. The van der Waals surface area contributed by atoms with Gasteiger partial charge in [-0.25, -0.2) is 13.2 Å². The molecule has 0 aromatic heterocycles. The van der Waals surface area contributed by atoms with Crippen molar-refractivity contribution in [2.75, 3.05) is 0 Å². The Hall–Kier alpha value is -1.23. The van der Waals surface area contributed by atoms with Gasteiger partial charge in [0, 0.05) is 6.04 Å². The number of rotatable bonds is 3. The van der Waals surface area contributed by atoms with E-state index in [2.05, 4.69) is 5.32 Å². The largest absolute Gasteiger partial charge is 0.352 e. The Morgan fingerprint density at radius 1 is 1.29 bits per heavy atom. The SMILES string of the molecule is O=C(NC1CC1)C(Cl)c1cc(F)c(F)c(F)c1. The fourth-order valence-corrected chi connectivity index (χ4v) is 1.56. The normalized spacial score (nSPS) is 16.7. The summed E-state index contributed by atoms with van der Waals surface area (Å²) in [5, 5.41) is 1.37. The Labute approximate surface area is 101 Å². The average Bonchev–Trinajstić information content (AvgIpc) is 3.07. The summed E-state index contributed by atoms with van der Waals surface area (Å²) in [5.74, 6) is -4.81. The van der Waals surface area contributed by atoms with Crippen LogP contribution in [0.25, 0.3) is 0 Å². The second-order valence-electron chi connectivity index (χ2n) is 3.94. The van der Waals surface area contributed by atoms with E-state index < -0.39 is 28.7 Å². The lowest BCUT2D eigenvalue weighted by molar-refractivity contribution is -0.121. The first-order chi connectivity index (χ1) is 7.99. The van der Waals surface area contributed by atoms with Crippen molar-refractivity contribution in [3.05, 3.63) is 35.1 Å². The summed E-state index contributed by atoms with van der Waals surface area (Å²) in [6.45, 7) is 0. The summed E-state index contributed by atoms with van der Waals surface area (Å²) in [5.41, 5.74) is -0.0961. The molecule has 1 unspecified atom stereocenters. The number of halogens is 4. The number of alkyl halides is 1. The zero-order valence-corrected chi connectivity index (χ0v) is 9.40. The lowest BCUT2D eigenvalue weighted by Crippen LogP contribution is -2.28. The van der Waals surface area contributed by atoms with Crippen molar-refractivity contribution in [1.29, 1.82) is 0 Å². The van der Waals surface area contributed by atoms with E-state index in [9.17, 15) is 18.0 Å². The third-order valence-electron chi connectivity index (χ3n) is 2.45. The number of carbonyl (C=O) groups excluding carboxylic acids is 1. The van der Waals surface area contributed by atoms with Crippen LogP contribution in [0.2, 0.25) is 0 Å². The minimum absolute atomic E-state index is 0.0961. The van der Waals surface area contributed by atoms with Gasteiger partial charge in [-0.05, 0) is 30.5 Å². The van der Waals surface area contributed by atoms with Gasteiger partial charge in [0.1, 0.15) is 5.38 Å². The maximum atomic E-state index is 12.9. The van der Waals surface area contributed by atoms with Crippen molar-refractivity contribution in [2.24, 2.45) is 0 Å². The van der Waals surface area contributed by atoms with Crippen LogP contribution in [0, 0.1) is 17.5 Å². The number of hydrogen-bond donors (Lipinski definition) is 1. The van der Waals surface area contributed by atoms with Crippen LogP contribution in [0.3, 0.4) is 0 Å². The molecule has 1 aromatic carbocycles. The molecule has 6 heteroatoms. The summed E-state index contributed by atoms with van der Waals surface area (Å²) >= 11 is 5.76. The molecule has 1 fully saturated rings. The van der Waals surface area contributed by atoms with Crippen LogP contribution in [-0.2, 0) is 4.79 Å². The molecule has 1 aromatic rings. The minimum atomic E-state index is -1.57. The molecule has 1 aliphatic carbocycles. The summed E-state index contributed by atoms with van der Waals surface area (Å²) in [6, 6.07) is 1.55. The molecule has 0 radical (unpaired) electrons. The number of nitrogens with one attached hydrogen (secondary N) is 1. The lowest BCUT2D eigenvalue weighted by Gasteiger charge is -2.10. The molecule has 1 aliphatic rings. The van der Waals surface area contributed by atoms with E-state index in [4.69, 9.17) is 11.6 Å². The Morgan fingerprint density at radius 2 is 1.82 bits per heavy atom. The fourth-order valence-electron chi connectivity index (χ4n) is 1.37. The number of amides is 1. The molecule has 1 amide bonds.